The largest absolute Gasteiger partial charge is 0.497 e. The average Bonchev–Trinajstić information content (AvgIpc) is 3.01. The van der Waals surface area contributed by atoms with Gasteiger partial charge in [-0.3, -0.25) is 14.4 Å². The SMILES string of the molecule is COc1ccc(/C=C(/NC(=O)c2ccccc2)C(=O)Nc2cccc(SC(C)C(=O)Nc3ccc(S(N)(=O)=O)cc3)c2)cc1. The highest BCUT2D eigenvalue weighted by Gasteiger charge is 2.18. The van der Waals surface area contributed by atoms with Crippen molar-refractivity contribution in [3.05, 3.63) is 120 Å². The Morgan fingerprint density at radius 1 is 0.841 bits per heavy atom. The number of amides is 3. The van der Waals surface area contributed by atoms with E-state index in [1.54, 1.807) is 99.0 Å². The molecule has 0 aliphatic heterocycles. The van der Waals surface area contributed by atoms with E-state index in [4.69, 9.17) is 9.88 Å². The number of nitrogens with one attached hydrogen (secondary N) is 3. The number of methoxy groups -OCH3 is 1. The van der Waals surface area contributed by atoms with Crippen LogP contribution in [0.25, 0.3) is 6.08 Å². The smallest absolute Gasteiger partial charge is 0.272 e. The van der Waals surface area contributed by atoms with Gasteiger partial charge in [-0.05, 0) is 85.3 Å². The summed E-state index contributed by atoms with van der Waals surface area (Å²) in [5.74, 6) is -0.635. The first kappa shape index (κ1) is 32.0. The van der Waals surface area contributed by atoms with Crippen LogP contribution in [0.5, 0.6) is 5.75 Å². The molecule has 0 heterocycles. The Morgan fingerprint density at radius 2 is 1.52 bits per heavy atom. The van der Waals surface area contributed by atoms with Gasteiger partial charge in [-0.25, -0.2) is 13.6 Å². The van der Waals surface area contributed by atoms with Crippen molar-refractivity contribution in [1.82, 2.24) is 5.32 Å². The van der Waals surface area contributed by atoms with Crippen molar-refractivity contribution in [3.63, 3.8) is 0 Å². The monoisotopic (exact) mass is 630 g/mol. The molecule has 0 radical (unpaired) electrons. The quantitative estimate of drug-likeness (QED) is 0.136. The average molecular weight is 631 g/mol. The minimum atomic E-state index is -3.84. The van der Waals surface area contributed by atoms with Crippen molar-refractivity contribution in [2.45, 2.75) is 22.0 Å². The number of nitrogens with two attached hydrogens (primary N) is 1. The molecule has 12 heteroatoms. The Balaban J connectivity index is 1.46. The lowest BCUT2D eigenvalue weighted by Crippen LogP contribution is -2.30. The maximum Gasteiger partial charge on any atom is 0.272 e. The molecule has 4 rings (SSSR count). The van der Waals surface area contributed by atoms with Gasteiger partial charge >= 0.3 is 0 Å². The van der Waals surface area contributed by atoms with E-state index in [1.807, 2.05) is 0 Å². The third-order valence-electron chi connectivity index (χ3n) is 6.18. The Morgan fingerprint density at radius 3 is 2.16 bits per heavy atom. The second kappa shape index (κ2) is 14.5. The fourth-order valence-corrected chi connectivity index (χ4v) is 5.33. The fraction of sp³-hybridized carbons (Fsp3) is 0.0938. The lowest BCUT2D eigenvalue weighted by molar-refractivity contribution is -0.115. The molecular formula is C32H30N4O6S2. The van der Waals surface area contributed by atoms with E-state index in [2.05, 4.69) is 16.0 Å². The zero-order valence-corrected chi connectivity index (χ0v) is 25.4. The number of primary sulfonamides is 1. The van der Waals surface area contributed by atoms with E-state index in [9.17, 15) is 22.8 Å². The second-order valence-corrected chi connectivity index (χ2v) is 12.4. The molecule has 0 aromatic heterocycles. The molecule has 1 atom stereocenters. The van der Waals surface area contributed by atoms with Crippen LogP contribution in [-0.2, 0) is 19.6 Å². The van der Waals surface area contributed by atoms with E-state index >= 15 is 0 Å². The minimum absolute atomic E-state index is 0.0308. The van der Waals surface area contributed by atoms with Gasteiger partial charge in [-0.15, -0.1) is 11.8 Å². The summed E-state index contributed by atoms with van der Waals surface area (Å²) < 4.78 is 28.1. The Labute approximate surface area is 259 Å². The predicted octanol–water partition coefficient (Wildman–Crippen LogP) is 4.87. The van der Waals surface area contributed by atoms with Gasteiger partial charge < -0.3 is 20.7 Å². The fourth-order valence-electron chi connectivity index (χ4n) is 3.88. The van der Waals surface area contributed by atoms with E-state index < -0.39 is 27.1 Å². The molecular weight excluding hydrogens is 601 g/mol. The molecule has 0 spiro atoms. The maximum absolute atomic E-state index is 13.4. The van der Waals surface area contributed by atoms with Crippen LogP contribution in [-0.4, -0.2) is 38.5 Å². The molecule has 4 aromatic rings. The summed E-state index contributed by atoms with van der Waals surface area (Å²) in [5.41, 5.74) is 1.98. The minimum Gasteiger partial charge on any atom is -0.497 e. The van der Waals surface area contributed by atoms with E-state index in [1.165, 1.54) is 36.0 Å². The highest BCUT2D eigenvalue weighted by atomic mass is 32.2. The van der Waals surface area contributed by atoms with Crippen molar-refractivity contribution in [2.24, 2.45) is 5.14 Å². The standard InChI is InChI=1S/C32H30N4O6S2/c1-21(30(37)34-24-13-17-28(18-14-24)44(33,40)41)43-27-10-6-9-25(20-27)35-32(39)29(19-22-11-15-26(42-2)16-12-22)36-31(38)23-7-4-3-5-8-23/h3-21H,1-2H3,(H,34,37)(H,35,39)(H,36,38)(H2,33,40,41)/b29-19+. The van der Waals surface area contributed by atoms with Crippen molar-refractivity contribution >= 4 is 57.0 Å². The van der Waals surface area contributed by atoms with Crippen LogP contribution in [0.3, 0.4) is 0 Å². The topological polar surface area (TPSA) is 157 Å². The van der Waals surface area contributed by atoms with Gasteiger partial charge in [0.25, 0.3) is 11.8 Å². The number of benzene rings is 4. The first-order valence-electron chi connectivity index (χ1n) is 13.3. The third kappa shape index (κ3) is 9.04. The summed E-state index contributed by atoms with van der Waals surface area (Å²) in [7, 11) is -2.28. The number of rotatable bonds is 11. The number of ether oxygens (including phenoxy) is 1. The van der Waals surface area contributed by atoms with Crippen molar-refractivity contribution in [2.75, 3.05) is 17.7 Å². The first-order chi connectivity index (χ1) is 21.0. The molecule has 0 fully saturated rings. The van der Waals surface area contributed by atoms with Crippen LogP contribution in [0, 0.1) is 0 Å². The van der Waals surface area contributed by atoms with E-state index in [0.29, 0.717) is 33.1 Å². The number of anilines is 2. The number of sulfonamides is 1. The van der Waals surface area contributed by atoms with Crippen LogP contribution >= 0.6 is 11.8 Å². The highest BCUT2D eigenvalue weighted by Crippen LogP contribution is 2.27. The van der Waals surface area contributed by atoms with Gasteiger partial charge in [0.15, 0.2) is 0 Å². The molecule has 0 aliphatic carbocycles. The molecule has 0 aliphatic rings. The van der Waals surface area contributed by atoms with Gasteiger partial charge in [0.2, 0.25) is 15.9 Å². The van der Waals surface area contributed by atoms with Crippen LogP contribution in [0.2, 0.25) is 0 Å². The highest BCUT2D eigenvalue weighted by molar-refractivity contribution is 8.00. The second-order valence-electron chi connectivity index (χ2n) is 9.45. The zero-order chi connectivity index (χ0) is 31.7. The van der Waals surface area contributed by atoms with Crippen molar-refractivity contribution in [1.29, 1.82) is 0 Å². The number of carbonyl (C=O) groups excluding carboxylic acids is 3. The molecule has 4 aromatic carbocycles. The molecule has 226 valence electrons. The summed E-state index contributed by atoms with van der Waals surface area (Å²) in [6.07, 6.45) is 1.57. The van der Waals surface area contributed by atoms with Crippen LogP contribution in [0.4, 0.5) is 11.4 Å². The van der Waals surface area contributed by atoms with Gasteiger partial charge in [-0.2, -0.15) is 0 Å². The molecule has 0 bridgehead atoms. The van der Waals surface area contributed by atoms with Crippen LogP contribution in [0.15, 0.2) is 119 Å². The maximum atomic E-state index is 13.4. The summed E-state index contributed by atoms with van der Waals surface area (Å²) in [6.45, 7) is 1.72. The molecule has 0 saturated carbocycles. The first-order valence-corrected chi connectivity index (χ1v) is 15.7. The van der Waals surface area contributed by atoms with Crippen molar-refractivity contribution < 1.29 is 27.5 Å². The Kier molecular flexibility index (Phi) is 10.6. The lowest BCUT2D eigenvalue weighted by atomic mass is 10.1. The van der Waals surface area contributed by atoms with Gasteiger partial charge in [0.05, 0.1) is 17.3 Å². The lowest BCUT2D eigenvalue weighted by Gasteiger charge is -2.14. The molecule has 3 amide bonds. The summed E-state index contributed by atoms with van der Waals surface area (Å²) in [5, 5.41) is 12.9. The summed E-state index contributed by atoms with van der Waals surface area (Å²) >= 11 is 1.27. The normalized spacial score (nSPS) is 12.1. The van der Waals surface area contributed by atoms with Gasteiger partial charge in [-0.1, -0.05) is 36.4 Å². The zero-order valence-electron chi connectivity index (χ0n) is 23.8. The Hall–Kier alpha value is -4.91. The molecule has 0 saturated heterocycles. The molecule has 1 unspecified atom stereocenters. The van der Waals surface area contributed by atoms with Crippen LogP contribution in [0.1, 0.15) is 22.8 Å². The number of hydrogen-bond acceptors (Lipinski definition) is 7. The molecule has 10 nitrogen and oxygen atoms in total. The van der Waals surface area contributed by atoms with Crippen molar-refractivity contribution in [3.8, 4) is 5.75 Å². The van der Waals surface area contributed by atoms with Gasteiger partial charge in [0, 0.05) is 21.8 Å². The summed E-state index contributed by atoms with van der Waals surface area (Å²) in [4.78, 5) is 39.7. The predicted molar refractivity (Wildman–Crippen MR) is 172 cm³/mol. The third-order valence-corrected chi connectivity index (χ3v) is 8.20. The van der Waals surface area contributed by atoms with Gasteiger partial charge in [0.1, 0.15) is 11.4 Å². The summed E-state index contributed by atoms with van der Waals surface area (Å²) in [6, 6.07) is 28.1. The Bertz CT molecular complexity index is 1780. The number of thioether (sulfide) groups is 1. The molecule has 44 heavy (non-hydrogen) atoms. The number of hydrogen-bond donors (Lipinski definition) is 4. The van der Waals surface area contributed by atoms with Crippen LogP contribution < -0.4 is 25.8 Å². The van der Waals surface area contributed by atoms with E-state index in [-0.39, 0.29) is 16.5 Å². The molecule has 5 N–H and O–H groups in total. The van der Waals surface area contributed by atoms with E-state index in [0.717, 1.165) is 0 Å². The number of carbonyl (C=O) groups is 3.